The molecule has 11 heteroatoms. The molecule has 0 spiro atoms. The van der Waals surface area contributed by atoms with Gasteiger partial charge in [0.1, 0.15) is 17.4 Å². The van der Waals surface area contributed by atoms with Gasteiger partial charge in [0.05, 0.1) is 10.4 Å². The summed E-state index contributed by atoms with van der Waals surface area (Å²) < 4.78 is 30.2. The minimum absolute atomic E-state index is 0.114. The molecule has 1 amide bonds. The Morgan fingerprint density at radius 3 is 2.65 bits per heavy atom. The van der Waals surface area contributed by atoms with Crippen LogP contribution in [0.25, 0.3) is 11.0 Å². The van der Waals surface area contributed by atoms with Crippen molar-refractivity contribution in [2.24, 2.45) is 0 Å². The summed E-state index contributed by atoms with van der Waals surface area (Å²) in [5, 5.41) is 8.27. The van der Waals surface area contributed by atoms with E-state index < -0.39 is 16.1 Å². The third-order valence-corrected chi connectivity index (χ3v) is 8.48. The molecule has 5 rings (SSSR count). The predicted molar refractivity (Wildman–Crippen MR) is 128 cm³/mol. The van der Waals surface area contributed by atoms with Gasteiger partial charge < -0.3 is 9.80 Å². The summed E-state index contributed by atoms with van der Waals surface area (Å²) in [5.74, 6) is 0.780. The van der Waals surface area contributed by atoms with Crippen molar-refractivity contribution < 1.29 is 13.2 Å². The van der Waals surface area contributed by atoms with Crippen LogP contribution in [0.1, 0.15) is 26.2 Å². The Bertz CT molecular complexity index is 1270. The van der Waals surface area contributed by atoms with E-state index in [4.69, 9.17) is 0 Å². The summed E-state index contributed by atoms with van der Waals surface area (Å²) in [6, 6.07) is 10.0. The summed E-state index contributed by atoms with van der Waals surface area (Å²) in [6.07, 6.45) is 3.87. The summed E-state index contributed by atoms with van der Waals surface area (Å²) in [7, 11) is -3.83. The number of aryl methyl sites for hydroxylation is 1. The molecule has 2 fully saturated rings. The number of anilines is 1. The van der Waals surface area contributed by atoms with Crippen LogP contribution in [0.3, 0.4) is 0 Å². The number of carbonyl (C=O) groups is 1. The van der Waals surface area contributed by atoms with Crippen LogP contribution in [0.15, 0.2) is 47.5 Å². The summed E-state index contributed by atoms with van der Waals surface area (Å²) in [6.45, 7) is 5.55. The minimum atomic E-state index is -3.83. The fourth-order valence-electron chi connectivity index (χ4n) is 4.81. The van der Waals surface area contributed by atoms with Crippen molar-refractivity contribution in [1.29, 1.82) is 0 Å². The molecule has 0 unspecified atom stereocenters. The first kappa shape index (κ1) is 22.7. The largest absolute Gasteiger partial charge is 0.353 e. The van der Waals surface area contributed by atoms with E-state index in [9.17, 15) is 13.2 Å². The number of hydrogen-bond acceptors (Lipinski definition) is 7. The number of aromatic nitrogens is 4. The third kappa shape index (κ3) is 4.14. The lowest BCUT2D eigenvalue weighted by Gasteiger charge is -2.37. The average molecular weight is 484 g/mol. The fraction of sp³-hybridized carbons (Fsp3) is 0.478. The molecule has 1 atom stereocenters. The number of piperazine rings is 1. The zero-order valence-corrected chi connectivity index (χ0v) is 20.1. The van der Waals surface area contributed by atoms with Crippen LogP contribution >= 0.6 is 0 Å². The molecular weight excluding hydrogens is 454 g/mol. The van der Waals surface area contributed by atoms with Crippen molar-refractivity contribution in [1.82, 2.24) is 29.2 Å². The topological polar surface area (TPSA) is 105 Å². The fourth-order valence-corrected chi connectivity index (χ4v) is 6.48. The molecule has 0 N–H and O–H groups in total. The third-order valence-electron chi connectivity index (χ3n) is 6.58. The number of hydrogen-bond donors (Lipinski definition) is 0. The molecule has 4 heterocycles. The number of sulfonamides is 1. The molecule has 0 aliphatic carbocycles. The Morgan fingerprint density at radius 2 is 1.91 bits per heavy atom. The Hall–Kier alpha value is -3.05. The normalized spacial score (nSPS) is 19.7. The van der Waals surface area contributed by atoms with Crippen molar-refractivity contribution >= 4 is 32.8 Å². The molecule has 2 aliphatic heterocycles. The van der Waals surface area contributed by atoms with Crippen molar-refractivity contribution in [3.05, 3.63) is 42.6 Å². The van der Waals surface area contributed by atoms with Crippen LogP contribution in [-0.2, 0) is 21.4 Å². The highest BCUT2D eigenvalue weighted by Crippen LogP contribution is 2.29. The van der Waals surface area contributed by atoms with Crippen molar-refractivity contribution in [3.63, 3.8) is 0 Å². The van der Waals surface area contributed by atoms with Crippen molar-refractivity contribution in [2.75, 3.05) is 37.6 Å². The van der Waals surface area contributed by atoms with Crippen LogP contribution in [-0.4, -0.2) is 82.3 Å². The molecule has 0 radical (unpaired) electrons. The number of nitrogens with zero attached hydrogens (tertiary/aromatic N) is 7. The minimum Gasteiger partial charge on any atom is -0.353 e. The van der Waals surface area contributed by atoms with E-state index >= 15 is 0 Å². The quantitative estimate of drug-likeness (QED) is 0.526. The standard InChI is InChI=1S/C23H29N7O3S/c1-2-11-29-20-9-8-18(17-19(20)25-26-29)34(32,33)30-12-5-6-21(30)23(31)28-15-13-27(14-16-28)22-7-3-4-10-24-22/h3-4,7-10,17,21H,2,5-6,11-16H2,1H3/t21-/m0/s1. The van der Waals surface area contributed by atoms with Gasteiger partial charge in [-0.2, -0.15) is 4.31 Å². The molecule has 1 aromatic carbocycles. The molecule has 0 saturated carbocycles. The predicted octanol–water partition coefficient (Wildman–Crippen LogP) is 1.74. The lowest BCUT2D eigenvalue weighted by molar-refractivity contribution is -0.134. The monoisotopic (exact) mass is 483 g/mol. The molecule has 2 saturated heterocycles. The van der Waals surface area contributed by atoms with Crippen molar-refractivity contribution in [2.45, 2.75) is 43.7 Å². The van der Waals surface area contributed by atoms with Gasteiger partial charge in [-0.15, -0.1) is 5.10 Å². The molecule has 10 nitrogen and oxygen atoms in total. The Labute approximate surface area is 199 Å². The molecular formula is C23H29N7O3S. The van der Waals surface area contributed by atoms with Gasteiger partial charge in [-0.25, -0.2) is 18.1 Å². The van der Waals surface area contributed by atoms with Gasteiger partial charge >= 0.3 is 0 Å². The highest BCUT2D eigenvalue weighted by molar-refractivity contribution is 7.89. The summed E-state index contributed by atoms with van der Waals surface area (Å²) >= 11 is 0. The van der Waals surface area contributed by atoms with Crippen LogP contribution < -0.4 is 4.90 Å². The number of rotatable bonds is 6. The average Bonchev–Trinajstić information content (AvgIpc) is 3.52. The second kappa shape index (κ2) is 9.30. The SMILES string of the molecule is CCCn1nnc2cc(S(=O)(=O)N3CCC[C@H]3C(=O)N3CCN(c4ccccn4)CC3)ccc21. The zero-order valence-electron chi connectivity index (χ0n) is 19.2. The van der Waals surface area contributed by atoms with E-state index in [0.29, 0.717) is 51.1 Å². The van der Waals surface area contributed by atoms with E-state index in [0.717, 1.165) is 24.3 Å². The molecule has 3 aromatic rings. The van der Waals surface area contributed by atoms with E-state index in [1.165, 1.54) is 4.31 Å². The van der Waals surface area contributed by atoms with Crippen LogP contribution in [0, 0.1) is 0 Å². The van der Waals surface area contributed by atoms with Gasteiger partial charge in [-0.1, -0.05) is 18.2 Å². The molecule has 180 valence electrons. The van der Waals surface area contributed by atoms with Crippen molar-refractivity contribution in [3.8, 4) is 0 Å². The maximum absolute atomic E-state index is 13.5. The van der Waals surface area contributed by atoms with Gasteiger partial charge in [0.15, 0.2) is 0 Å². The second-order valence-corrected chi connectivity index (χ2v) is 10.6. The highest BCUT2D eigenvalue weighted by atomic mass is 32.2. The molecule has 0 bridgehead atoms. The first-order chi connectivity index (χ1) is 16.5. The van der Waals surface area contributed by atoms with Gasteiger partial charge in [0, 0.05) is 45.5 Å². The van der Waals surface area contributed by atoms with Crippen LogP contribution in [0.5, 0.6) is 0 Å². The maximum atomic E-state index is 13.5. The number of carbonyl (C=O) groups excluding carboxylic acids is 1. The van der Waals surface area contributed by atoms with Gasteiger partial charge in [0.25, 0.3) is 0 Å². The number of benzene rings is 1. The van der Waals surface area contributed by atoms with Crippen LogP contribution in [0.4, 0.5) is 5.82 Å². The first-order valence-corrected chi connectivity index (χ1v) is 13.2. The second-order valence-electron chi connectivity index (χ2n) is 8.74. The Balaban J connectivity index is 1.31. The van der Waals surface area contributed by atoms with E-state index in [2.05, 4.69) is 27.1 Å². The smallest absolute Gasteiger partial charge is 0.243 e. The highest BCUT2D eigenvalue weighted by Gasteiger charge is 2.41. The number of fused-ring (bicyclic) bond motifs is 1. The first-order valence-electron chi connectivity index (χ1n) is 11.8. The number of pyridine rings is 1. The van der Waals surface area contributed by atoms with Gasteiger partial charge in [-0.05, 0) is 49.6 Å². The van der Waals surface area contributed by atoms with Gasteiger partial charge in [0.2, 0.25) is 15.9 Å². The zero-order chi connectivity index (χ0) is 23.7. The van der Waals surface area contributed by atoms with E-state index in [-0.39, 0.29) is 10.8 Å². The lowest BCUT2D eigenvalue weighted by atomic mass is 10.2. The Kier molecular flexibility index (Phi) is 6.22. The van der Waals surface area contributed by atoms with E-state index in [1.54, 1.807) is 34.0 Å². The van der Waals surface area contributed by atoms with Gasteiger partial charge in [-0.3, -0.25) is 4.79 Å². The van der Waals surface area contributed by atoms with E-state index in [1.807, 2.05) is 18.2 Å². The lowest BCUT2D eigenvalue weighted by Crippen LogP contribution is -2.54. The molecule has 34 heavy (non-hydrogen) atoms. The molecule has 2 aliphatic rings. The Morgan fingerprint density at radius 1 is 1.09 bits per heavy atom. The maximum Gasteiger partial charge on any atom is 0.243 e. The summed E-state index contributed by atoms with van der Waals surface area (Å²) in [5.41, 5.74) is 1.35. The summed E-state index contributed by atoms with van der Waals surface area (Å²) in [4.78, 5) is 21.9. The number of amides is 1. The molecule has 2 aromatic heterocycles. The van der Waals surface area contributed by atoms with Crippen LogP contribution in [0.2, 0.25) is 0 Å².